The summed E-state index contributed by atoms with van der Waals surface area (Å²) >= 11 is 9.00. The van der Waals surface area contributed by atoms with Gasteiger partial charge in [-0.25, -0.2) is 9.67 Å². The smallest absolute Gasteiger partial charge is 0.395 e. The summed E-state index contributed by atoms with van der Waals surface area (Å²) in [5.41, 5.74) is -2.84. The molecule has 3 heterocycles. The number of benzene rings is 1. The van der Waals surface area contributed by atoms with Gasteiger partial charge < -0.3 is 20.1 Å². The fourth-order valence-electron chi connectivity index (χ4n) is 3.04. The standard InChI is InChI=1S/C19H10BrClF5N5O4/c1-27-16(32)7-5-10-14(35-19(25,26)34-10)12(20)13(7)29-17(33)9-6-11(18(22,23)24)30-31(9)15-8(21)3-2-4-28-15/h2-6H,1H3,(H,27,32)(H,29,33). The van der Waals surface area contributed by atoms with Crippen molar-refractivity contribution in [3.8, 4) is 17.3 Å². The normalized spacial score (nSPS) is 14.1. The molecule has 16 heteroatoms. The lowest BCUT2D eigenvalue weighted by Gasteiger charge is -2.14. The van der Waals surface area contributed by atoms with Crippen molar-refractivity contribution in [2.75, 3.05) is 12.4 Å². The van der Waals surface area contributed by atoms with Crippen molar-refractivity contribution in [3.05, 3.63) is 56.9 Å². The third-order valence-corrected chi connectivity index (χ3v) is 5.57. The van der Waals surface area contributed by atoms with Crippen molar-refractivity contribution in [3.63, 3.8) is 0 Å². The van der Waals surface area contributed by atoms with Crippen LogP contribution in [0.3, 0.4) is 0 Å². The predicted molar refractivity (Wildman–Crippen MR) is 113 cm³/mol. The van der Waals surface area contributed by atoms with Gasteiger partial charge in [0.05, 0.1) is 20.7 Å². The van der Waals surface area contributed by atoms with Crippen LogP contribution < -0.4 is 20.1 Å². The predicted octanol–water partition coefficient (Wildman–Crippen LogP) is 4.64. The highest BCUT2D eigenvalue weighted by Gasteiger charge is 2.46. The summed E-state index contributed by atoms with van der Waals surface area (Å²) in [7, 11) is 1.23. The lowest BCUT2D eigenvalue weighted by Crippen LogP contribution is -2.26. The number of carbonyl (C=O) groups is 2. The topological polar surface area (TPSA) is 107 Å². The zero-order chi connectivity index (χ0) is 25.7. The number of anilines is 1. The molecule has 1 aliphatic rings. The van der Waals surface area contributed by atoms with E-state index in [4.69, 9.17) is 11.6 Å². The number of rotatable bonds is 4. The number of hydrogen-bond donors (Lipinski definition) is 2. The van der Waals surface area contributed by atoms with E-state index in [0.29, 0.717) is 10.7 Å². The van der Waals surface area contributed by atoms with Crippen LogP contribution in [0.5, 0.6) is 11.5 Å². The number of halogens is 7. The Labute approximate surface area is 205 Å². The number of nitrogens with zero attached hydrogens (tertiary/aromatic N) is 3. The number of hydrogen-bond acceptors (Lipinski definition) is 6. The summed E-state index contributed by atoms with van der Waals surface area (Å²) in [4.78, 5) is 29.4. The summed E-state index contributed by atoms with van der Waals surface area (Å²) in [6.07, 6.45) is -7.76. The summed E-state index contributed by atoms with van der Waals surface area (Å²) in [6, 6.07) is 4.05. The first kappa shape index (κ1) is 24.7. The van der Waals surface area contributed by atoms with E-state index in [2.05, 4.69) is 46.1 Å². The Morgan fingerprint density at radius 2 is 1.91 bits per heavy atom. The second-order valence-corrected chi connectivity index (χ2v) is 7.97. The molecule has 0 aliphatic carbocycles. The number of amides is 2. The van der Waals surface area contributed by atoms with Gasteiger partial charge in [-0.05, 0) is 34.1 Å². The molecule has 35 heavy (non-hydrogen) atoms. The van der Waals surface area contributed by atoms with Crippen LogP contribution in [0.15, 0.2) is 34.9 Å². The highest BCUT2D eigenvalue weighted by atomic mass is 79.9. The number of ether oxygens (including phenoxy) is 2. The minimum atomic E-state index is -4.93. The molecule has 0 fully saturated rings. The van der Waals surface area contributed by atoms with Gasteiger partial charge in [0.15, 0.2) is 23.0 Å². The largest absolute Gasteiger partial charge is 0.586 e. The average molecular weight is 583 g/mol. The maximum absolute atomic E-state index is 13.6. The Morgan fingerprint density at radius 3 is 2.54 bits per heavy atom. The molecule has 0 saturated heterocycles. The number of fused-ring (bicyclic) bond motifs is 1. The van der Waals surface area contributed by atoms with Crippen molar-refractivity contribution in [1.82, 2.24) is 20.1 Å². The first-order valence-electron chi connectivity index (χ1n) is 9.26. The number of aromatic nitrogens is 3. The molecule has 0 atom stereocenters. The van der Waals surface area contributed by atoms with Crippen molar-refractivity contribution in [2.24, 2.45) is 0 Å². The van der Waals surface area contributed by atoms with Crippen molar-refractivity contribution < 1.29 is 41.0 Å². The molecule has 0 saturated carbocycles. The number of pyridine rings is 1. The first-order valence-corrected chi connectivity index (χ1v) is 10.4. The first-order chi connectivity index (χ1) is 16.3. The van der Waals surface area contributed by atoms with Crippen LogP contribution in [0.4, 0.5) is 27.6 Å². The molecule has 3 aromatic rings. The molecule has 0 unspecified atom stereocenters. The monoisotopic (exact) mass is 581 g/mol. The van der Waals surface area contributed by atoms with Crippen LogP contribution in [0.1, 0.15) is 26.5 Å². The van der Waals surface area contributed by atoms with Crippen molar-refractivity contribution in [2.45, 2.75) is 12.5 Å². The molecule has 1 aromatic carbocycles. The zero-order valence-electron chi connectivity index (χ0n) is 17.0. The molecule has 184 valence electrons. The van der Waals surface area contributed by atoms with E-state index in [-0.39, 0.29) is 26.6 Å². The fourth-order valence-corrected chi connectivity index (χ4v) is 3.83. The van der Waals surface area contributed by atoms with Gasteiger partial charge in [0.2, 0.25) is 0 Å². The maximum atomic E-state index is 13.6. The van der Waals surface area contributed by atoms with Crippen LogP contribution >= 0.6 is 27.5 Å². The van der Waals surface area contributed by atoms with E-state index in [1.165, 1.54) is 25.4 Å². The molecular formula is C19H10BrClF5N5O4. The van der Waals surface area contributed by atoms with E-state index in [0.717, 1.165) is 6.07 Å². The van der Waals surface area contributed by atoms with Gasteiger partial charge in [-0.15, -0.1) is 8.78 Å². The zero-order valence-corrected chi connectivity index (χ0v) is 19.3. The van der Waals surface area contributed by atoms with E-state index < -0.39 is 47.2 Å². The summed E-state index contributed by atoms with van der Waals surface area (Å²) in [5, 5.41) is 7.77. The van der Waals surface area contributed by atoms with Gasteiger partial charge in [0.25, 0.3) is 11.8 Å². The van der Waals surface area contributed by atoms with Crippen LogP contribution in [0, 0.1) is 0 Å². The quantitative estimate of drug-likeness (QED) is 0.435. The van der Waals surface area contributed by atoms with E-state index >= 15 is 0 Å². The fraction of sp³-hybridized carbons (Fsp3) is 0.158. The van der Waals surface area contributed by atoms with Crippen LogP contribution in [0.2, 0.25) is 5.02 Å². The molecule has 2 amide bonds. The van der Waals surface area contributed by atoms with Gasteiger partial charge in [0.1, 0.15) is 5.69 Å². The lowest BCUT2D eigenvalue weighted by molar-refractivity contribution is -0.286. The second-order valence-electron chi connectivity index (χ2n) is 6.77. The molecule has 9 nitrogen and oxygen atoms in total. The summed E-state index contributed by atoms with van der Waals surface area (Å²) < 4.78 is 76.3. The minimum absolute atomic E-state index is 0.115. The van der Waals surface area contributed by atoms with Crippen molar-refractivity contribution in [1.29, 1.82) is 0 Å². The molecule has 0 radical (unpaired) electrons. The third kappa shape index (κ3) is 4.60. The van der Waals surface area contributed by atoms with Gasteiger partial charge in [-0.3, -0.25) is 9.59 Å². The molecule has 2 N–H and O–H groups in total. The molecular weight excluding hydrogens is 573 g/mol. The lowest BCUT2D eigenvalue weighted by atomic mass is 10.1. The Balaban J connectivity index is 1.83. The molecule has 0 spiro atoms. The molecule has 0 bridgehead atoms. The van der Waals surface area contributed by atoms with Gasteiger partial charge in [-0.1, -0.05) is 11.6 Å². The van der Waals surface area contributed by atoms with Crippen LogP contribution in [-0.4, -0.2) is 39.9 Å². The Morgan fingerprint density at radius 1 is 1.20 bits per heavy atom. The van der Waals surface area contributed by atoms with Gasteiger partial charge in [-0.2, -0.15) is 18.3 Å². The van der Waals surface area contributed by atoms with E-state index in [1.807, 2.05) is 0 Å². The van der Waals surface area contributed by atoms with Gasteiger partial charge in [0, 0.05) is 19.3 Å². The summed E-state index contributed by atoms with van der Waals surface area (Å²) in [6.45, 7) is 0. The Bertz CT molecular complexity index is 1360. The molecule has 4 rings (SSSR count). The molecule has 2 aromatic heterocycles. The second kappa shape index (κ2) is 8.64. The SMILES string of the molecule is CNC(=O)c1cc2c(c(Br)c1NC(=O)c1cc(C(F)(F)F)nn1-c1ncccc1Cl)OC(F)(F)O2. The number of alkyl halides is 5. The minimum Gasteiger partial charge on any atom is -0.395 e. The highest BCUT2D eigenvalue weighted by Crippen LogP contribution is 2.50. The van der Waals surface area contributed by atoms with E-state index in [9.17, 15) is 31.5 Å². The van der Waals surface area contributed by atoms with E-state index in [1.54, 1.807) is 0 Å². The number of carbonyl (C=O) groups excluding carboxylic acids is 2. The number of nitrogens with one attached hydrogen (secondary N) is 2. The van der Waals surface area contributed by atoms with Crippen molar-refractivity contribution >= 4 is 45.0 Å². The molecule has 1 aliphatic heterocycles. The Hall–Kier alpha value is -3.46. The van der Waals surface area contributed by atoms with Crippen LogP contribution in [0.25, 0.3) is 5.82 Å². The third-order valence-electron chi connectivity index (χ3n) is 4.52. The van der Waals surface area contributed by atoms with Gasteiger partial charge >= 0.3 is 12.5 Å². The maximum Gasteiger partial charge on any atom is 0.586 e. The van der Waals surface area contributed by atoms with Crippen LogP contribution in [-0.2, 0) is 6.18 Å². The Kier molecular flexibility index (Phi) is 6.09. The highest BCUT2D eigenvalue weighted by molar-refractivity contribution is 9.10. The average Bonchev–Trinajstić information content (AvgIpc) is 3.36. The summed E-state index contributed by atoms with van der Waals surface area (Å²) in [5.74, 6) is -3.38.